The molecular formula is C14H19N3O2S. The lowest BCUT2D eigenvalue weighted by Crippen LogP contribution is -2.50. The van der Waals surface area contributed by atoms with Crippen LogP contribution in [0, 0.1) is 0 Å². The maximum atomic E-state index is 11.4. The number of hydrogen-bond donors (Lipinski definition) is 4. The van der Waals surface area contributed by atoms with Gasteiger partial charge in [-0.25, -0.2) is 0 Å². The third-order valence-electron chi connectivity index (χ3n) is 3.70. The van der Waals surface area contributed by atoms with E-state index < -0.39 is 0 Å². The molecule has 2 aliphatic rings. The van der Waals surface area contributed by atoms with E-state index >= 15 is 0 Å². The smallest absolute Gasteiger partial charge is 0.234 e. The molecular weight excluding hydrogens is 274 g/mol. The zero-order valence-electron chi connectivity index (χ0n) is 11.2. The molecule has 1 amide bonds. The number of nitrogens with one attached hydrogen (secondary N) is 3. The van der Waals surface area contributed by atoms with Crippen molar-refractivity contribution in [2.75, 3.05) is 24.2 Å². The molecule has 1 fully saturated rings. The first-order valence-corrected chi connectivity index (χ1v) is 7.89. The van der Waals surface area contributed by atoms with Crippen LogP contribution >= 0.6 is 11.8 Å². The lowest BCUT2D eigenvalue weighted by Gasteiger charge is -2.29. The second-order valence-corrected chi connectivity index (χ2v) is 6.23. The summed E-state index contributed by atoms with van der Waals surface area (Å²) in [6, 6.07) is 6.27. The molecule has 0 bridgehead atoms. The largest absolute Gasteiger partial charge is 0.390 e. The minimum absolute atomic E-state index is 0.0568. The van der Waals surface area contributed by atoms with Gasteiger partial charge in [0.15, 0.2) is 0 Å². The Labute approximate surface area is 122 Å². The summed E-state index contributed by atoms with van der Waals surface area (Å²) in [7, 11) is 0. The topological polar surface area (TPSA) is 73.4 Å². The Bertz CT molecular complexity index is 509. The lowest BCUT2D eigenvalue weighted by molar-refractivity contribution is -0.113. The average molecular weight is 293 g/mol. The van der Waals surface area contributed by atoms with Crippen LogP contribution in [0.4, 0.5) is 5.69 Å². The van der Waals surface area contributed by atoms with E-state index in [1.54, 1.807) is 11.8 Å². The van der Waals surface area contributed by atoms with Crippen LogP contribution in [0.1, 0.15) is 12.0 Å². The number of benzene rings is 1. The molecule has 4 N–H and O–H groups in total. The third kappa shape index (κ3) is 3.15. The van der Waals surface area contributed by atoms with E-state index in [4.69, 9.17) is 0 Å². The summed E-state index contributed by atoms with van der Waals surface area (Å²) in [5.41, 5.74) is 2.02. The first-order chi connectivity index (χ1) is 9.72. The van der Waals surface area contributed by atoms with E-state index in [2.05, 4.69) is 28.1 Å². The SMILES string of the molecule is O=C1CSc2ccc(CNC3CCNCC3O)cc2N1. The van der Waals surface area contributed by atoms with Crippen LogP contribution in [0.2, 0.25) is 0 Å². The fourth-order valence-electron chi connectivity index (χ4n) is 2.57. The van der Waals surface area contributed by atoms with Crippen molar-refractivity contribution in [1.29, 1.82) is 0 Å². The number of hydrogen-bond acceptors (Lipinski definition) is 5. The van der Waals surface area contributed by atoms with Crippen molar-refractivity contribution in [2.24, 2.45) is 0 Å². The second kappa shape index (κ2) is 6.13. The predicted molar refractivity (Wildman–Crippen MR) is 79.9 cm³/mol. The number of piperidine rings is 1. The highest BCUT2D eigenvalue weighted by Gasteiger charge is 2.22. The van der Waals surface area contributed by atoms with Crippen molar-refractivity contribution in [1.82, 2.24) is 10.6 Å². The molecule has 0 saturated carbocycles. The van der Waals surface area contributed by atoms with Gasteiger partial charge in [-0.05, 0) is 30.7 Å². The molecule has 2 heterocycles. The molecule has 1 aromatic carbocycles. The zero-order valence-corrected chi connectivity index (χ0v) is 12.0. The molecule has 0 aromatic heterocycles. The maximum absolute atomic E-state index is 11.4. The molecule has 1 saturated heterocycles. The number of aliphatic hydroxyl groups is 1. The van der Waals surface area contributed by atoms with E-state index in [0.29, 0.717) is 18.8 Å². The van der Waals surface area contributed by atoms with Gasteiger partial charge in [0, 0.05) is 24.0 Å². The fraction of sp³-hybridized carbons (Fsp3) is 0.500. The highest BCUT2D eigenvalue weighted by molar-refractivity contribution is 8.00. The summed E-state index contributed by atoms with van der Waals surface area (Å²) in [5, 5.41) is 19.4. The number of fused-ring (bicyclic) bond motifs is 1. The summed E-state index contributed by atoms with van der Waals surface area (Å²) in [5.74, 6) is 0.549. The summed E-state index contributed by atoms with van der Waals surface area (Å²) >= 11 is 1.57. The molecule has 0 spiro atoms. The number of rotatable bonds is 3. The van der Waals surface area contributed by atoms with E-state index in [0.717, 1.165) is 29.1 Å². The molecule has 3 rings (SSSR count). The van der Waals surface area contributed by atoms with Gasteiger partial charge >= 0.3 is 0 Å². The second-order valence-electron chi connectivity index (χ2n) is 5.21. The van der Waals surface area contributed by atoms with Gasteiger partial charge in [-0.2, -0.15) is 0 Å². The van der Waals surface area contributed by atoms with Crippen LogP contribution in [0.5, 0.6) is 0 Å². The van der Waals surface area contributed by atoms with Crippen molar-refractivity contribution < 1.29 is 9.90 Å². The highest BCUT2D eigenvalue weighted by atomic mass is 32.2. The van der Waals surface area contributed by atoms with Crippen LogP contribution in [-0.2, 0) is 11.3 Å². The minimum Gasteiger partial charge on any atom is -0.390 e. The Kier molecular flexibility index (Phi) is 4.26. The number of aliphatic hydroxyl groups excluding tert-OH is 1. The molecule has 1 aromatic rings. The van der Waals surface area contributed by atoms with E-state index in [1.807, 2.05) is 6.07 Å². The maximum Gasteiger partial charge on any atom is 0.234 e. The predicted octanol–water partition coefficient (Wildman–Crippen LogP) is 0.543. The summed E-state index contributed by atoms with van der Waals surface area (Å²) in [6.07, 6.45) is 0.593. The fourth-order valence-corrected chi connectivity index (χ4v) is 3.36. The van der Waals surface area contributed by atoms with Crippen molar-refractivity contribution in [3.63, 3.8) is 0 Å². The molecule has 0 aliphatic carbocycles. The normalized spacial score (nSPS) is 25.9. The van der Waals surface area contributed by atoms with Crippen molar-refractivity contribution in [3.8, 4) is 0 Å². The Morgan fingerprint density at radius 2 is 2.35 bits per heavy atom. The van der Waals surface area contributed by atoms with Gasteiger partial charge < -0.3 is 21.1 Å². The van der Waals surface area contributed by atoms with Crippen LogP contribution < -0.4 is 16.0 Å². The molecule has 5 nitrogen and oxygen atoms in total. The van der Waals surface area contributed by atoms with Gasteiger partial charge in [-0.3, -0.25) is 4.79 Å². The van der Waals surface area contributed by atoms with Gasteiger partial charge in [0.2, 0.25) is 5.91 Å². The van der Waals surface area contributed by atoms with Gasteiger partial charge in [0.25, 0.3) is 0 Å². The zero-order chi connectivity index (χ0) is 13.9. The lowest BCUT2D eigenvalue weighted by atomic mass is 10.0. The number of amides is 1. The van der Waals surface area contributed by atoms with Gasteiger partial charge in [-0.15, -0.1) is 11.8 Å². The van der Waals surface area contributed by atoms with Crippen LogP contribution in [0.15, 0.2) is 23.1 Å². The number of carbonyl (C=O) groups is 1. The molecule has 20 heavy (non-hydrogen) atoms. The summed E-state index contributed by atoms with van der Waals surface area (Å²) in [4.78, 5) is 12.5. The molecule has 6 heteroatoms. The Balaban J connectivity index is 1.63. The van der Waals surface area contributed by atoms with Crippen LogP contribution in [-0.4, -0.2) is 42.0 Å². The van der Waals surface area contributed by atoms with E-state index in [9.17, 15) is 9.90 Å². The number of anilines is 1. The average Bonchev–Trinajstić information content (AvgIpc) is 2.46. The number of carbonyl (C=O) groups excluding carboxylic acids is 1. The monoisotopic (exact) mass is 293 g/mol. The standard InChI is InChI=1S/C14H19N3O2S/c18-12-7-15-4-3-10(12)16-6-9-1-2-13-11(5-9)17-14(19)8-20-13/h1-2,5,10,12,15-16,18H,3-4,6-8H2,(H,17,19). The van der Waals surface area contributed by atoms with E-state index in [1.165, 1.54) is 0 Å². The first-order valence-electron chi connectivity index (χ1n) is 6.90. The summed E-state index contributed by atoms with van der Waals surface area (Å²) in [6.45, 7) is 2.29. The van der Waals surface area contributed by atoms with Crippen LogP contribution in [0.3, 0.4) is 0 Å². The van der Waals surface area contributed by atoms with Crippen LogP contribution in [0.25, 0.3) is 0 Å². The molecule has 2 atom stereocenters. The van der Waals surface area contributed by atoms with E-state index in [-0.39, 0.29) is 18.1 Å². The Morgan fingerprint density at radius 1 is 1.45 bits per heavy atom. The quantitative estimate of drug-likeness (QED) is 0.655. The Hall–Kier alpha value is -1.08. The van der Waals surface area contributed by atoms with Crippen molar-refractivity contribution in [3.05, 3.63) is 23.8 Å². The first kappa shape index (κ1) is 13.9. The van der Waals surface area contributed by atoms with Gasteiger partial charge in [0.1, 0.15) is 0 Å². The molecule has 0 radical (unpaired) electrons. The molecule has 2 aliphatic heterocycles. The molecule has 108 valence electrons. The molecule has 2 unspecified atom stereocenters. The number of thioether (sulfide) groups is 1. The summed E-state index contributed by atoms with van der Waals surface area (Å²) < 4.78 is 0. The Morgan fingerprint density at radius 3 is 3.20 bits per heavy atom. The van der Waals surface area contributed by atoms with Crippen molar-refractivity contribution >= 4 is 23.4 Å². The van der Waals surface area contributed by atoms with Gasteiger partial charge in [-0.1, -0.05) is 6.07 Å². The minimum atomic E-state index is -0.336. The highest BCUT2D eigenvalue weighted by Crippen LogP contribution is 2.31. The number of β-amino-alcohol motifs (C(OH)–C–C–N with tert-alkyl or cyclic N) is 1. The van der Waals surface area contributed by atoms with Gasteiger partial charge in [0.05, 0.1) is 17.5 Å². The van der Waals surface area contributed by atoms with Crippen molar-refractivity contribution in [2.45, 2.75) is 30.0 Å². The third-order valence-corrected chi connectivity index (χ3v) is 4.77.